The number of carbonyl (C=O) groups excluding carboxylic acids is 1. The molecule has 3 aromatic rings. The number of rotatable bonds is 8. The van der Waals surface area contributed by atoms with Gasteiger partial charge in [-0.15, -0.1) is 0 Å². The quantitative estimate of drug-likeness (QED) is 0.574. The van der Waals surface area contributed by atoms with Gasteiger partial charge < -0.3 is 15.4 Å². The SMILES string of the molecule is CCNc1ccc(F)c(Cc2cc(OCC(=O)Nc3cccnc3)ccc2Cl)n1. The number of hydrogen-bond donors (Lipinski definition) is 2. The number of carbonyl (C=O) groups is 1. The molecular weight excluding hydrogens is 395 g/mol. The number of nitrogens with one attached hydrogen (secondary N) is 2. The summed E-state index contributed by atoms with van der Waals surface area (Å²) in [7, 11) is 0. The largest absolute Gasteiger partial charge is 0.484 e. The molecule has 0 atom stereocenters. The molecule has 2 aromatic heterocycles. The second-order valence-electron chi connectivity index (χ2n) is 6.16. The zero-order valence-electron chi connectivity index (χ0n) is 15.8. The third-order valence-corrected chi connectivity index (χ3v) is 4.34. The predicted molar refractivity (Wildman–Crippen MR) is 111 cm³/mol. The van der Waals surface area contributed by atoms with E-state index in [1.165, 1.54) is 6.07 Å². The first-order valence-corrected chi connectivity index (χ1v) is 9.43. The van der Waals surface area contributed by atoms with Gasteiger partial charge in [0.25, 0.3) is 5.91 Å². The van der Waals surface area contributed by atoms with Gasteiger partial charge in [0, 0.05) is 24.2 Å². The van der Waals surface area contributed by atoms with Crippen molar-refractivity contribution in [3.63, 3.8) is 0 Å². The Hall–Kier alpha value is -3.19. The van der Waals surface area contributed by atoms with Crippen LogP contribution in [0.2, 0.25) is 5.02 Å². The van der Waals surface area contributed by atoms with Crippen LogP contribution in [-0.4, -0.2) is 29.0 Å². The molecule has 0 aliphatic rings. The van der Waals surface area contributed by atoms with Crippen LogP contribution in [0.3, 0.4) is 0 Å². The number of amides is 1. The summed E-state index contributed by atoms with van der Waals surface area (Å²) in [5.74, 6) is 0.318. The van der Waals surface area contributed by atoms with E-state index in [1.807, 2.05) is 6.92 Å². The molecule has 29 heavy (non-hydrogen) atoms. The number of anilines is 2. The lowest BCUT2D eigenvalue weighted by atomic mass is 10.1. The van der Waals surface area contributed by atoms with Crippen molar-refractivity contribution in [2.45, 2.75) is 13.3 Å². The van der Waals surface area contributed by atoms with Crippen molar-refractivity contribution in [1.29, 1.82) is 0 Å². The highest BCUT2D eigenvalue weighted by atomic mass is 35.5. The number of halogens is 2. The minimum atomic E-state index is -0.412. The van der Waals surface area contributed by atoms with Crippen LogP contribution in [0.25, 0.3) is 0 Å². The normalized spacial score (nSPS) is 10.4. The molecule has 1 aromatic carbocycles. The minimum Gasteiger partial charge on any atom is -0.484 e. The molecule has 1 amide bonds. The Morgan fingerprint density at radius 3 is 2.86 bits per heavy atom. The summed E-state index contributed by atoms with van der Waals surface area (Å²) in [4.78, 5) is 20.2. The minimum absolute atomic E-state index is 0.182. The number of hydrogen-bond acceptors (Lipinski definition) is 5. The van der Waals surface area contributed by atoms with Gasteiger partial charge in [0.15, 0.2) is 6.61 Å². The smallest absolute Gasteiger partial charge is 0.262 e. The van der Waals surface area contributed by atoms with E-state index in [9.17, 15) is 9.18 Å². The number of benzene rings is 1. The molecule has 2 heterocycles. The third kappa shape index (κ3) is 5.89. The monoisotopic (exact) mass is 414 g/mol. The Bertz CT molecular complexity index is 986. The molecule has 0 aliphatic carbocycles. The summed E-state index contributed by atoms with van der Waals surface area (Å²) < 4.78 is 19.7. The van der Waals surface area contributed by atoms with Gasteiger partial charge in [-0.2, -0.15) is 0 Å². The topological polar surface area (TPSA) is 76.1 Å². The van der Waals surface area contributed by atoms with Gasteiger partial charge in [-0.05, 0) is 55.0 Å². The first-order chi connectivity index (χ1) is 14.0. The van der Waals surface area contributed by atoms with Gasteiger partial charge in [-0.1, -0.05) is 11.6 Å². The van der Waals surface area contributed by atoms with Crippen molar-refractivity contribution >= 4 is 29.0 Å². The summed E-state index contributed by atoms with van der Waals surface area (Å²) in [6, 6.07) is 11.4. The first-order valence-electron chi connectivity index (χ1n) is 9.05. The molecule has 0 bridgehead atoms. The van der Waals surface area contributed by atoms with Crippen molar-refractivity contribution in [3.8, 4) is 5.75 Å². The van der Waals surface area contributed by atoms with Gasteiger partial charge in [0.05, 0.1) is 17.6 Å². The van der Waals surface area contributed by atoms with E-state index in [0.717, 1.165) is 0 Å². The van der Waals surface area contributed by atoms with Crippen LogP contribution < -0.4 is 15.4 Å². The van der Waals surface area contributed by atoms with Crippen LogP contribution in [0.1, 0.15) is 18.2 Å². The molecule has 6 nitrogen and oxygen atoms in total. The van der Waals surface area contributed by atoms with Crippen LogP contribution in [0, 0.1) is 5.82 Å². The average Bonchev–Trinajstić information content (AvgIpc) is 2.72. The Morgan fingerprint density at radius 1 is 1.24 bits per heavy atom. The van der Waals surface area contributed by atoms with Crippen molar-refractivity contribution in [2.24, 2.45) is 0 Å². The maximum Gasteiger partial charge on any atom is 0.262 e. The molecule has 0 fully saturated rings. The number of nitrogens with zero attached hydrogens (tertiary/aromatic N) is 2. The van der Waals surface area contributed by atoms with Gasteiger partial charge in [-0.3, -0.25) is 9.78 Å². The van der Waals surface area contributed by atoms with Crippen LogP contribution in [0.15, 0.2) is 54.9 Å². The summed E-state index contributed by atoms with van der Waals surface area (Å²) >= 11 is 6.26. The molecule has 0 unspecified atom stereocenters. The maximum atomic E-state index is 14.2. The van der Waals surface area contributed by atoms with E-state index < -0.39 is 5.82 Å². The molecule has 0 spiro atoms. The van der Waals surface area contributed by atoms with Crippen LogP contribution in [-0.2, 0) is 11.2 Å². The van der Waals surface area contributed by atoms with Crippen molar-refractivity contribution in [3.05, 3.63) is 77.0 Å². The molecular formula is C21H20ClFN4O2. The summed E-state index contributed by atoms with van der Waals surface area (Å²) in [6.45, 7) is 2.44. The standard InChI is InChI=1S/C21H20ClFN4O2/c1-2-25-20-8-7-18(23)19(27-20)11-14-10-16(5-6-17(14)22)29-13-21(28)26-15-4-3-9-24-12-15/h3-10,12H,2,11,13H2,1H3,(H,25,27)(H,26,28). The molecule has 0 saturated carbocycles. The second-order valence-corrected chi connectivity index (χ2v) is 6.57. The van der Waals surface area contributed by atoms with E-state index in [1.54, 1.807) is 48.8 Å². The fraction of sp³-hybridized carbons (Fsp3) is 0.190. The highest BCUT2D eigenvalue weighted by Gasteiger charge is 2.11. The molecule has 2 N–H and O–H groups in total. The Morgan fingerprint density at radius 2 is 2.10 bits per heavy atom. The fourth-order valence-electron chi connectivity index (χ4n) is 2.63. The summed E-state index contributed by atoms with van der Waals surface area (Å²) in [5, 5.41) is 6.20. The highest BCUT2D eigenvalue weighted by Crippen LogP contribution is 2.25. The third-order valence-electron chi connectivity index (χ3n) is 3.97. The summed E-state index contributed by atoms with van der Waals surface area (Å²) in [6.07, 6.45) is 3.36. The highest BCUT2D eigenvalue weighted by molar-refractivity contribution is 6.31. The fourth-order valence-corrected chi connectivity index (χ4v) is 2.81. The second kappa shape index (κ2) is 9.84. The lowest BCUT2D eigenvalue weighted by molar-refractivity contribution is -0.118. The lowest BCUT2D eigenvalue weighted by Crippen LogP contribution is -2.20. The van der Waals surface area contributed by atoms with Gasteiger partial charge >= 0.3 is 0 Å². The number of pyridine rings is 2. The van der Waals surface area contributed by atoms with E-state index in [2.05, 4.69) is 20.6 Å². The van der Waals surface area contributed by atoms with Crippen molar-refractivity contribution < 1.29 is 13.9 Å². The number of aromatic nitrogens is 2. The van der Waals surface area contributed by atoms with Crippen LogP contribution >= 0.6 is 11.6 Å². The zero-order chi connectivity index (χ0) is 20.6. The van der Waals surface area contributed by atoms with E-state index in [0.29, 0.717) is 34.4 Å². The van der Waals surface area contributed by atoms with Crippen molar-refractivity contribution in [2.75, 3.05) is 23.8 Å². The van der Waals surface area contributed by atoms with E-state index in [4.69, 9.17) is 16.3 Å². The van der Waals surface area contributed by atoms with Crippen LogP contribution in [0.4, 0.5) is 15.9 Å². The molecule has 0 aliphatic heterocycles. The van der Waals surface area contributed by atoms with Crippen molar-refractivity contribution in [1.82, 2.24) is 9.97 Å². The molecule has 3 rings (SSSR count). The predicted octanol–water partition coefficient (Wildman–Crippen LogP) is 4.31. The van der Waals surface area contributed by atoms with Crippen LogP contribution in [0.5, 0.6) is 5.75 Å². The zero-order valence-corrected chi connectivity index (χ0v) is 16.5. The summed E-state index contributed by atoms with van der Waals surface area (Å²) in [5.41, 5.74) is 1.51. The Balaban J connectivity index is 1.67. The van der Waals surface area contributed by atoms with E-state index >= 15 is 0 Å². The number of ether oxygens (including phenoxy) is 1. The maximum absolute atomic E-state index is 14.2. The average molecular weight is 415 g/mol. The lowest BCUT2D eigenvalue weighted by Gasteiger charge is -2.11. The van der Waals surface area contributed by atoms with Gasteiger partial charge in [-0.25, -0.2) is 9.37 Å². The molecule has 0 saturated heterocycles. The molecule has 0 radical (unpaired) electrons. The molecule has 8 heteroatoms. The van der Waals surface area contributed by atoms with Gasteiger partial charge in [0.1, 0.15) is 17.4 Å². The Labute approximate surface area is 173 Å². The first kappa shape index (κ1) is 20.5. The Kier molecular flexibility index (Phi) is 6.97. The van der Waals surface area contributed by atoms with E-state index in [-0.39, 0.29) is 24.6 Å². The van der Waals surface area contributed by atoms with Gasteiger partial charge in [0.2, 0.25) is 0 Å². The molecule has 150 valence electrons.